The Morgan fingerprint density at radius 2 is 1.95 bits per heavy atom. The van der Waals surface area contributed by atoms with Gasteiger partial charge >= 0.3 is 0 Å². The minimum Gasteiger partial charge on any atom is -0.329 e. The predicted molar refractivity (Wildman–Crippen MR) is 82.6 cm³/mol. The Kier molecular flexibility index (Phi) is 5.68. The van der Waals surface area contributed by atoms with Gasteiger partial charge in [-0.3, -0.25) is 0 Å². The highest BCUT2D eigenvalue weighted by atomic mass is 35.5. The summed E-state index contributed by atoms with van der Waals surface area (Å²) in [5.74, 6) is 0. The lowest BCUT2D eigenvalue weighted by Gasteiger charge is -2.25. The van der Waals surface area contributed by atoms with E-state index in [4.69, 9.17) is 17.3 Å². The number of nitrogens with one attached hydrogen (secondary N) is 1. The monoisotopic (exact) mass is 280 g/mol. The van der Waals surface area contributed by atoms with Crippen molar-refractivity contribution in [3.63, 3.8) is 0 Å². The summed E-state index contributed by atoms with van der Waals surface area (Å²) in [5.41, 5.74) is 8.49. The lowest BCUT2D eigenvalue weighted by Crippen LogP contribution is -2.36. The van der Waals surface area contributed by atoms with E-state index in [2.05, 4.69) is 18.3 Å². The van der Waals surface area contributed by atoms with Gasteiger partial charge in [0.2, 0.25) is 0 Å². The summed E-state index contributed by atoms with van der Waals surface area (Å²) in [6.07, 6.45) is 8.01. The molecule has 1 atom stereocenters. The van der Waals surface area contributed by atoms with Crippen LogP contribution in [-0.4, -0.2) is 12.6 Å². The van der Waals surface area contributed by atoms with Crippen LogP contribution in [0.3, 0.4) is 0 Å². The number of hydrogen-bond acceptors (Lipinski definition) is 2. The molecule has 1 aliphatic carbocycles. The molecule has 1 aliphatic rings. The minimum absolute atomic E-state index is 0.250. The quantitative estimate of drug-likeness (QED) is 0.819. The molecule has 0 aromatic heterocycles. The van der Waals surface area contributed by atoms with E-state index in [1.807, 2.05) is 12.1 Å². The van der Waals surface area contributed by atoms with Crippen molar-refractivity contribution in [1.82, 2.24) is 5.32 Å². The number of halogens is 1. The van der Waals surface area contributed by atoms with Crippen molar-refractivity contribution in [2.45, 2.75) is 57.5 Å². The van der Waals surface area contributed by atoms with E-state index in [0.29, 0.717) is 12.6 Å². The highest BCUT2D eigenvalue weighted by Gasteiger charge is 2.18. The molecule has 1 aromatic rings. The molecule has 106 valence electrons. The SMILES string of the molecule is Cc1cc(Cl)ccc1C(CN)NC1CCCCCC1. The van der Waals surface area contributed by atoms with E-state index < -0.39 is 0 Å². The van der Waals surface area contributed by atoms with Crippen LogP contribution in [0.25, 0.3) is 0 Å². The van der Waals surface area contributed by atoms with E-state index in [1.54, 1.807) is 0 Å². The maximum atomic E-state index is 6.03. The Bertz CT molecular complexity index is 398. The summed E-state index contributed by atoms with van der Waals surface area (Å²) < 4.78 is 0. The van der Waals surface area contributed by atoms with E-state index in [1.165, 1.54) is 49.7 Å². The van der Waals surface area contributed by atoms with Gasteiger partial charge in [-0.1, -0.05) is 43.4 Å². The molecular weight excluding hydrogens is 256 g/mol. The molecule has 1 fully saturated rings. The zero-order valence-electron chi connectivity index (χ0n) is 11.8. The third-order valence-corrected chi connectivity index (χ3v) is 4.37. The molecule has 0 aliphatic heterocycles. The standard InChI is InChI=1S/C16H25ClN2/c1-12-10-13(17)8-9-15(12)16(11-18)19-14-6-4-2-3-5-7-14/h8-10,14,16,19H,2-7,11,18H2,1H3. The van der Waals surface area contributed by atoms with Gasteiger partial charge in [0, 0.05) is 23.7 Å². The van der Waals surface area contributed by atoms with Crippen molar-refractivity contribution in [1.29, 1.82) is 0 Å². The van der Waals surface area contributed by atoms with Gasteiger partial charge in [-0.2, -0.15) is 0 Å². The molecule has 2 rings (SSSR count). The van der Waals surface area contributed by atoms with E-state index in [0.717, 1.165) is 5.02 Å². The molecule has 1 unspecified atom stereocenters. The van der Waals surface area contributed by atoms with Gasteiger partial charge in [0.1, 0.15) is 0 Å². The van der Waals surface area contributed by atoms with Gasteiger partial charge in [-0.15, -0.1) is 0 Å². The number of hydrogen-bond donors (Lipinski definition) is 2. The Morgan fingerprint density at radius 3 is 2.53 bits per heavy atom. The average Bonchev–Trinajstić information content (AvgIpc) is 2.65. The summed E-state index contributed by atoms with van der Waals surface area (Å²) in [4.78, 5) is 0. The first kappa shape index (κ1) is 14.8. The summed E-state index contributed by atoms with van der Waals surface area (Å²) >= 11 is 6.03. The predicted octanol–water partition coefficient (Wildman–Crippen LogP) is 3.96. The lowest BCUT2D eigenvalue weighted by molar-refractivity contribution is 0.401. The minimum atomic E-state index is 0.250. The molecule has 0 saturated heterocycles. The fourth-order valence-corrected chi connectivity index (χ4v) is 3.27. The molecule has 0 amide bonds. The van der Waals surface area contributed by atoms with Crippen LogP contribution in [0.5, 0.6) is 0 Å². The van der Waals surface area contributed by atoms with E-state index in [-0.39, 0.29) is 6.04 Å². The van der Waals surface area contributed by atoms with Gasteiger partial charge in [-0.25, -0.2) is 0 Å². The Morgan fingerprint density at radius 1 is 1.26 bits per heavy atom. The Hall–Kier alpha value is -0.570. The van der Waals surface area contributed by atoms with Crippen molar-refractivity contribution in [2.24, 2.45) is 5.73 Å². The summed E-state index contributed by atoms with van der Waals surface area (Å²) in [6.45, 7) is 2.75. The molecule has 0 bridgehead atoms. The van der Waals surface area contributed by atoms with Crippen LogP contribution in [0, 0.1) is 6.92 Å². The first-order valence-electron chi connectivity index (χ1n) is 7.43. The largest absolute Gasteiger partial charge is 0.329 e. The molecule has 0 spiro atoms. The smallest absolute Gasteiger partial charge is 0.0449 e. The summed E-state index contributed by atoms with van der Waals surface area (Å²) in [7, 11) is 0. The van der Waals surface area contributed by atoms with Crippen molar-refractivity contribution >= 4 is 11.6 Å². The summed E-state index contributed by atoms with van der Waals surface area (Å²) in [5, 5.41) is 4.55. The first-order valence-corrected chi connectivity index (χ1v) is 7.80. The zero-order valence-corrected chi connectivity index (χ0v) is 12.5. The first-order chi connectivity index (χ1) is 9.20. The second kappa shape index (κ2) is 7.28. The third kappa shape index (κ3) is 4.20. The number of aryl methyl sites for hydroxylation is 1. The molecule has 2 nitrogen and oxygen atoms in total. The molecule has 1 saturated carbocycles. The molecule has 1 aromatic carbocycles. The van der Waals surface area contributed by atoms with Crippen LogP contribution in [0.15, 0.2) is 18.2 Å². The third-order valence-electron chi connectivity index (χ3n) is 4.14. The second-order valence-corrected chi connectivity index (χ2v) is 6.08. The molecule has 3 N–H and O–H groups in total. The Labute approximate surface area is 121 Å². The molecule has 19 heavy (non-hydrogen) atoms. The molecule has 3 heteroatoms. The number of rotatable bonds is 4. The topological polar surface area (TPSA) is 38.0 Å². The van der Waals surface area contributed by atoms with Gasteiger partial charge in [0.15, 0.2) is 0 Å². The second-order valence-electron chi connectivity index (χ2n) is 5.64. The number of benzene rings is 1. The van der Waals surface area contributed by atoms with Gasteiger partial charge in [0.05, 0.1) is 0 Å². The fraction of sp³-hybridized carbons (Fsp3) is 0.625. The molecular formula is C16H25ClN2. The van der Waals surface area contributed by atoms with Crippen molar-refractivity contribution in [3.8, 4) is 0 Å². The fourth-order valence-electron chi connectivity index (χ4n) is 3.05. The van der Waals surface area contributed by atoms with Crippen LogP contribution >= 0.6 is 11.6 Å². The molecule has 0 radical (unpaired) electrons. The lowest BCUT2D eigenvalue weighted by atomic mass is 9.99. The highest BCUT2D eigenvalue weighted by Crippen LogP contribution is 2.24. The zero-order chi connectivity index (χ0) is 13.7. The van der Waals surface area contributed by atoms with Crippen LogP contribution in [0.4, 0.5) is 0 Å². The van der Waals surface area contributed by atoms with Crippen molar-refractivity contribution in [2.75, 3.05) is 6.54 Å². The van der Waals surface area contributed by atoms with Gasteiger partial charge in [0.25, 0.3) is 0 Å². The van der Waals surface area contributed by atoms with Crippen LogP contribution in [0.1, 0.15) is 55.7 Å². The van der Waals surface area contributed by atoms with E-state index in [9.17, 15) is 0 Å². The van der Waals surface area contributed by atoms with Crippen LogP contribution in [-0.2, 0) is 0 Å². The number of nitrogens with two attached hydrogens (primary N) is 1. The van der Waals surface area contributed by atoms with Gasteiger partial charge in [-0.05, 0) is 43.0 Å². The maximum absolute atomic E-state index is 6.03. The molecule has 0 heterocycles. The van der Waals surface area contributed by atoms with Gasteiger partial charge < -0.3 is 11.1 Å². The van der Waals surface area contributed by atoms with Crippen LogP contribution < -0.4 is 11.1 Å². The summed E-state index contributed by atoms with van der Waals surface area (Å²) in [6, 6.07) is 6.96. The highest BCUT2D eigenvalue weighted by molar-refractivity contribution is 6.30. The van der Waals surface area contributed by atoms with E-state index >= 15 is 0 Å². The van der Waals surface area contributed by atoms with Crippen molar-refractivity contribution < 1.29 is 0 Å². The average molecular weight is 281 g/mol. The Balaban J connectivity index is 2.06. The normalized spacial score (nSPS) is 19.1. The maximum Gasteiger partial charge on any atom is 0.0449 e. The van der Waals surface area contributed by atoms with Crippen molar-refractivity contribution in [3.05, 3.63) is 34.3 Å². The van der Waals surface area contributed by atoms with Crippen LogP contribution in [0.2, 0.25) is 5.02 Å².